The zero-order chi connectivity index (χ0) is 17.8. The molecule has 0 amide bonds. The number of nitrogens with zero attached hydrogens (tertiary/aromatic N) is 5. The van der Waals surface area contributed by atoms with Crippen LogP contribution in [0, 0.1) is 6.92 Å². The van der Waals surface area contributed by atoms with Crippen LogP contribution < -0.4 is 16.8 Å². The number of nitrogen functional groups attached to an aromatic ring is 1. The zero-order valence-corrected chi connectivity index (χ0v) is 14.1. The number of nitrogens with two attached hydrogens (primary N) is 2. The number of rotatable bonds is 5. The number of aromatic nitrogens is 4. The maximum Gasteiger partial charge on any atom is 0.169 e. The summed E-state index contributed by atoms with van der Waals surface area (Å²) in [5, 5.41) is 3.22. The van der Waals surface area contributed by atoms with Crippen molar-refractivity contribution in [1.82, 2.24) is 19.4 Å². The Labute approximate surface area is 145 Å². The Morgan fingerprint density at radius 3 is 2.92 bits per heavy atom. The lowest BCUT2D eigenvalue weighted by Crippen LogP contribution is -2.09. The summed E-state index contributed by atoms with van der Waals surface area (Å²) in [5.41, 5.74) is 15.9. The summed E-state index contributed by atoms with van der Waals surface area (Å²) in [4.78, 5) is 16.9. The molecule has 3 heterocycles. The maximum absolute atomic E-state index is 5.93. The van der Waals surface area contributed by atoms with Gasteiger partial charge in [-0.05, 0) is 18.6 Å². The van der Waals surface area contributed by atoms with E-state index in [1.165, 1.54) is 6.20 Å². The fourth-order valence-corrected chi connectivity index (χ4v) is 2.44. The number of imidazole rings is 1. The standard InChI is InChI=1S/C17H20N8/c1-11-6-21-15-4-3-12(10-25(11)15)7-23-17-16(19)22-9-14(24-17)13(5-18)8-20-2/h3-6,8-10H,7,18H2,1-2H3,(H2,19,22)(H,23,24). The van der Waals surface area contributed by atoms with Crippen molar-refractivity contribution in [1.29, 1.82) is 0 Å². The summed E-state index contributed by atoms with van der Waals surface area (Å²) in [6, 6.07) is 3.99. The van der Waals surface area contributed by atoms with E-state index < -0.39 is 0 Å². The number of fused-ring (bicyclic) bond motifs is 1. The summed E-state index contributed by atoms with van der Waals surface area (Å²) < 4.78 is 2.04. The van der Waals surface area contributed by atoms with Crippen LogP contribution >= 0.6 is 0 Å². The lowest BCUT2D eigenvalue weighted by molar-refractivity contribution is 1.03. The van der Waals surface area contributed by atoms with E-state index in [9.17, 15) is 0 Å². The van der Waals surface area contributed by atoms with Crippen molar-refractivity contribution >= 4 is 29.1 Å². The average molecular weight is 336 g/mol. The number of allylic oxidation sites excluding steroid dienone is 1. The van der Waals surface area contributed by atoms with E-state index in [1.807, 2.05) is 35.9 Å². The molecule has 0 spiro atoms. The predicted octanol–water partition coefficient (Wildman–Crippen LogP) is 1.63. The van der Waals surface area contributed by atoms with E-state index in [0.717, 1.165) is 16.9 Å². The molecule has 0 aliphatic heterocycles. The SMILES string of the molecule is CN=CC(=CN)c1cnc(N)c(NCc2ccc3ncc(C)n3c2)n1. The third kappa shape index (κ3) is 3.42. The second kappa shape index (κ2) is 7.00. The van der Waals surface area contributed by atoms with Crippen LogP contribution in [0.3, 0.4) is 0 Å². The van der Waals surface area contributed by atoms with E-state index in [4.69, 9.17) is 11.5 Å². The van der Waals surface area contributed by atoms with Gasteiger partial charge < -0.3 is 21.2 Å². The van der Waals surface area contributed by atoms with Crippen molar-refractivity contribution in [2.24, 2.45) is 10.7 Å². The van der Waals surface area contributed by atoms with Crippen LogP contribution in [0.25, 0.3) is 11.2 Å². The first-order valence-electron chi connectivity index (χ1n) is 7.75. The van der Waals surface area contributed by atoms with Crippen LogP contribution in [0.2, 0.25) is 0 Å². The normalized spacial score (nSPS) is 12.2. The molecular formula is C17H20N8. The molecule has 25 heavy (non-hydrogen) atoms. The second-order valence-electron chi connectivity index (χ2n) is 5.52. The van der Waals surface area contributed by atoms with Gasteiger partial charge in [-0.15, -0.1) is 0 Å². The summed E-state index contributed by atoms with van der Waals surface area (Å²) >= 11 is 0. The average Bonchev–Trinajstić information content (AvgIpc) is 3.00. The number of pyridine rings is 1. The molecule has 0 atom stereocenters. The third-order valence-corrected chi connectivity index (χ3v) is 3.76. The highest BCUT2D eigenvalue weighted by Gasteiger charge is 2.08. The highest BCUT2D eigenvalue weighted by atomic mass is 15.1. The van der Waals surface area contributed by atoms with Gasteiger partial charge in [0.2, 0.25) is 0 Å². The van der Waals surface area contributed by atoms with Gasteiger partial charge in [0.05, 0.1) is 11.9 Å². The summed E-state index contributed by atoms with van der Waals surface area (Å²) in [6.07, 6.45) is 8.51. The quantitative estimate of drug-likeness (QED) is 0.609. The van der Waals surface area contributed by atoms with E-state index in [2.05, 4.69) is 25.3 Å². The number of hydrogen-bond acceptors (Lipinski definition) is 7. The molecule has 3 aromatic heterocycles. The van der Waals surface area contributed by atoms with Gasteiger partial charge in [0, 0.05) is 49.7 Å². The lowest BCUT2D eigenvalue weighted by atomic mass is 10.2. The van der Waals surface area contributed by atoms with Crippen LogP contribution in [0.1, 0.15) is 17.0 Å². The minimum Gasteiger partial charge on any atom is -0.404 e. The van der Waals surface area contributed by atoms with Crippen molar-refractivity contribution in [3.8, 4) is 0 Å². The topological polar surface area (TPSA) is 120 Å². The Bertz CT molecular complexity index is 954. The molecule has 0 aromatic carbocycles. The molecule has 3 aromatic rings. The molecule has 0 saturated heterocycles. The first kappa shape index (κ1) is 16.4. The Balaban J connectivity index is 1.83. The second-order valence-corrected chi connectivity index (χ2v) is 5.52. The number of aliphatic imine (C=N–C) groups is 1. The Morgan fingerprint density at radius 1 is 1.32 bits per heavy atom. The highest BCUT2D eigenvalue weighted by Crippen LogP contribution is 2.18. The molecule has 8 nitrogen and oxygen atoms in total. The van der Waals surface area contributed by atoms with Crippen molar-refractivity contribution in [3.63, 3.8) is 0 Å². The van der Waals surface area contributed by atoms with Gasteiger partial charge in [0.25, 0.3) is 0 Å². The molecule has 5 N–H and O–H groups in total. The van der Waals surface area contributed by atoms with Crippen LogP contribution in [0.5, 0.6) is 0 Å². The van der Waals surface area contributed by atoms with Crippen LogP contribution in [-0.2, 0) is 6.54 Å². The molecule has 0 bridgehead atoms. The predicted molar refractivity (Wildman–Crippen MR) is 100 cm³/mol. The summed E-state index contributed by atoms with van der Waals surface area (Å²) in [5.74, 6) is 0.831. The summed E-state index contributed by atoms with van der Waals surface area (Å²) in [7, 11) is 1.67. The summed E-state index contributed by atoms with van der Waals surface area (Å²) in [6.45, 7) is 2.57. The molecular weight excluding hydrogens is 316 g/mol. The molecule has 8 heteroatoms. The molecule has 0 radical (unpaired) electrons. The minimum absolute atomic E-state index is 0.327. The molecule has 128 valence electrons. The van der Waals surface area contributed by atoms with Crippen molar-refractivity contribution < 1.29 is 0 Å². The maximum atomic E-state index is 5.93. The number of aryl methyl sites for hydroxylation is 1. The van der Waals surface area contributed by atoms with Gasteiger partial charge in [0.1, 0.15) is 5.65 Å². The van der Waals surface area contributed by atoms with Gasteiger partial charge >= 0.3 is 0 Å². The molecule has 0 saturated carbocycles. The van der Waals surface area contributed by atoms with E-state index in [-0.39, 0.29) is 0 Å². The molecule has 0 unspecified atom stereocenters. The molecule has 0 aliphatic rings. The fraction of sp³-hybridized carbons (Fsp3) is 0.176. The van der Waals surface area contributed by atoms with Gasteiger partial charge in [-0.25, -0.2) is 15.0 Å². The first-order chi connectivity index (χ1) is 12.1. The largest absolute Gasteiger partial charge is 0.404 e. The monoisotopic (exact) mass is 336 g/mol. The van der Waals surface area contributed by atoms with Crippen LogP contribution in [-0.4, -0.2) is 32.6 Å². The Hall–Kier alpha value is -3.42. The molecule has 0 fully saturated rings. The molecule has 0 aliphatic carbocycles. The van der Waals surface area contributed by atoms with Gasteiger partial charge in [0.15, 0.2) is 11.6 Å². The Morgan fingerprint density at radius 2 is 2.16 bits per heavy atom. The number of anilines is 2. The molecule has 3 rings (SSSR count). The lowest BCUT2D eigenvalue weighted by Gasteiger charge is -2.10. The highest BCUT2D eigenvalue weighted by molar-refractivity contribution is 6.08. The number of hydrogen-bond donors (Lipinski definition) is 3. The number of nitrogens with one attached hydrogen (secondary N) is 1. The van der Waals surface area contributed by atoms with E-state index >= 15 is 0 Å². The van der Waals surface area contributed by atoms with Crippen molar-refractivity contribution in [2.45, 2.75) is 13.5 Å². The minimum atomic E-state index is 0.327. The van der Waals surface area contributed by atoms with Gasteiger partial charge in [-0.2, -0.15) is 0 Å². The van der Waals surface area contributed by atoms with Gasteiger partial charge in [-0.3, -0.25) is 4.99 Å². The van der Waals surface area contributed by atoms with Crippen LogP contribution in [0.4, 0.5) is 11.6 Å². The van der Waals surface area contributed by atoms with E-state index in [0.29, 0.717) is 29.4 Å². The van der Waals surface area contributed by atoms with Crippen molar-refractivity contribution in [3.05, 3.63) is 53.9 Å². The first-order valence-corrected chi connectivity index (χ1v) is 7.75. The van der Waals surface area contributed by atoms with Gasteiger partial charge in [-0.1, -0.05) is 6.07 Å². The smallest absolute Gasteiger partial charge is 0.169 e. The van der Waals surface area contributed by atoms with Crippen LogP contribution in [0.15, 0.2) is 41.9 Å². The van der Waals surface area contributed by atoms with E-state index in [1.54, 1.807) is 19.5 Å². The fourth-order valence-electron chi connectivity index (χ4n) is 2.44. The van der Waals surface area contributed by atoms with Crippen molar-refractivity contribution in [2.75, 3.05) is 18.1 Å². The third-order valence-electron chi connectivity index (χ3n) is 3.76. The Kier molecular flexibility index (Phi) is 4.60. The zero-order valence-electron chi connectivity index (χ0n) is 14.1.